The maximum absolute atomic E-state index is 13.3. The Bertz CT molecular complexity index is 876. The van der Waals surface area contributed by atoms with Crippen molar-refractivity contribution in [2.45, 2.75) is 19.1 Å². The van der Waals surface area contributed by atoms with Crippen LogP contribution in [-0.2, 0) is 10.0 Å². The summed E-state index contributed by atoms with van der Waals surface area (Å²) >= 11 is 0. The van der Waals surface area contributed by atoms with Crippen molar-refractivity contribution < 1.29 is 22.0 Å². The summed E-state index contributed by atoms with van der Waals surface area (Å²) in [5.74, 6) is -2.41. The zero-order chi connectivity index (χ0) is 18.1. The number of nitrogen functional groups attached to an aromatic ring is 1. The van der Waals surface area contributed by atoms with Crippen molar-refractivity contribution >= 4 is 27.2 Å². The molecule has 0 fully saturated rings. The number of ketones is 1. The molecule has 2 aromatic carbocycles. The van der Waals surface area contributed by atoms with E-state index in [9.17, 15) is 22.0 Å². The van der Waals surface area contributed by atoms with Gasteiger partial charge in [-0.1, -0.05) is 0 Å². The second-order valence-electron chi connectivity index (χ2n) is 5.49. The topological polar surface area (TPSA) is 89.3 Å². The number of anilines is 2. The Balaban J connectivity index is 2.42. The van der Waals surface area contributed by atoms with Crippen LogP contribution in [0.3, 0.4) is 0 Å². The van der Waals surface area contributed by atoms with Gasteiger partial charge in [0, 0.05) is 17.2 Å². The van der Waals surface area contributed by atoms with E-state index in [1.807, 2.05) is 0 Å². The van der Waals surface area contributed by atoms with Gasteiger partial charge in [-0.05, 0) is 44.2 Å². The van der Waals surface area contributed by atoms with Gasteiger partial charge in [0.1, 0.15) is 11.6 Å². The normalized spacial score (nSPS) is 11.5. The van der Waals surface area contributed by atoms with Gasteiger partial charge >= 0.3 is 0 Å². The lowest BCUT2D eigenvalue weighted by molar-refractivity contribution is 0.103. The van der Waals surface area contributed by atoms with Crippen LogP contribution >= 0.6 is 0 Å². The van der Waals surface area contributed by atoms with E-state index in [0.29, 0.717) is 6.07 Å². The number of halogens is 2. The zero-order valence-corrected chi connectivity index (χ0v) is 13.8. The molecule has 3 N–H and O–H groups in total. The number of nitrogens with one attached hydrogen (secondary N) is 1. The molecule has 0 saturated heterocycles. The van der Waals surface area contributed by atoms with Crippen molar-refractivity contribution in [2.75, 3.05) is 10.5 Å². The molecule has 0 spiro atoms. The zero-order valence-electron chi connectivity index (χ0n) is 13.0. The first kappa shape index (κ1) is 17.9. The van der Waals surface area contributed by atoms with Gasteiger partial charge in [0.2, 0.25) is 10.0 Å². The van der Waals surface area contributed by atoms with E-state index in [-0.39, 0.29) is 22.5 Å². The summed E-state index contributed by atoms with van der Waals surface area (Å²) in [6, 6.07) is 6.40. The molecule has 0 bridgehead atoms. The molecule has 0 aliphatic rings. The number of hydrogen-bond acceptors (Lipinski definition) is 4. The first-order valence-corrected chi connectivity index (χ1v) is 8.57. The Morgan fingerprint density at radius 1 is 1.04 bits per heavy atom. The summed E-state index contributed by atoms with van der Waals surface area (Å²) in [6.07, 6.45) is 0. The van der Waals surface area contributed by atoms with Crippen molar-refractivity contribution in [3.8, 4) is 0 Å². The Hall–Kier alpha value is -2.48. The van der Waals surface area contributed by atoms with Crippen LogP contribution in [0.5, 0.6) is 0 Å². The van der Waals surface area contributed by atoms with E-state index in [0.717, 1.165) is 12.1 Å². The second kappa shape index (κ2) is 6.56. The molecule has 0 amide bonds. The summed E-state index contributed by atoms with van der Waals surface area (Å²) in [5.41, 5.74) is 5.75. The van der Waals surface area contributed by atoms with Gasteiger partial charge in [-0.15, -0.1) is 0 Å². The molecule has 8 heteroatoms. The lowest BCUT2D eigenvalue weighted by atomic mass is 10.0. The fraction of sp³-hybridized carbons (Fsp3) is 0.188. The van der Waals surface area contributed by atoms with Gasteiger partial charge < -0.3 is 5.73 Å². The lowest BCUT2D eigenvalue weighted by Crippen LogP contribution is -2.23. The molecule has 0 radical (unpaired) electrons. The lowest BCUT2D eigenvalue weighted by Gasteiger charge is -2.13. The minimum absolute atomic E-state index is 0.0337. The van der Waals surface area contributed by atoms with Gasteiger partial charge in [-0.3, -0.25) is 9.52 Å². The average Bonchev–Trinajstić information content (AvgIpc) is 2.47. The first-order chi connectivity index (χ1) is 11.1. The van der Waals surface area contributed by atoms with Gasteiger partial charge in [-0.2, -0.15) is 0 Å². The Kier molecular flexibility index (Phi) is 4.88. The molecular weight excluding hydrogens is 338 g/mol. The smallest absolute Gasteiger partial charge is 0.235 e. The third-order valence-corrected chi connectivity index (χ3v) is 5.06. The van der Waals surface area contributed by atoms with Crippen LogP contribution in [0, 0.1) is 11.6 Å². The standard InChI is InChI=1S/C16H16F2N2O3S/c1-9(2)24(22,23)20-15-7-10(3-4-14(15)19)16(21)11-5-12(17)8-13(18)6-11/h3-9,20H,19H2,1-2H3. The number of carbonyl (C=O) groups is 1. The molecule has 0 aromatic heterocycles. The predicted octanol–water partition coefficient (Wildman–Crippen LogP) is 2.93. The average molecular weight is 354 g/mol. The fourth-order valence-corrected chi connectivity index (χ4v) is 2.63. The molecule has 0 aliphatic heterocycles. The van der Waals surface area contributed by atoms with Crippen LogP contribution in [0.2, 0.25) is 0 Å². The van der Waals surface area contributed by atoms with Gasteiger partial charge in [-0.25, -0.2) is 17.2 Å². The van der Waals surface area contributed by atoms with E-state index in [1.165, 1.54) is 32.0 Å². The number of hydrogen-bond donors (Lipinski definition) is 2. The summed E-state index contributed by atoms with van der Waals surface area (Å²) in [6.45, 7) is 2.98. The molecule has 0 saturated carbocycles. The van der Waals surface area contributed by atoms with Crippen molar-refractivity contribution in [1.82, 2.24) is 0 Å². The minimum atomic E-state index is -3.66. The quantitative estimate of drug-likeness (QED) is 0.638. The van der Waals surface area contributed by atoms with Crippen LogP contribution in [-0.4, -0.2) is 19.5 Å². The first-order valence-electron chi connectivity index (χ1n) is 7.02. The summed E-state index contributed by atoms with van der Waals surface area (Å²) in [5, 5.41) is -0.700. The largest absolute Gasteiger partial charge is 0.397 e. The van der Waals surface area contributed by atoms with E-state index < -0.39 is 32.7 Å². The van der Waals surface area contributed by atoms with Crippen molar-refractivity contribution in [3.63, 3.8) is 0 Å². The van der Waals surface area contributed by atoms with Gasteiger partial charge in [0.25, 0.3) is 0 Å². The van der Waals surface area contributed by atoms with Crippen molar-refractivity contribution in [2.24, 2.45) is 0 Å². The van der Waals surface area contributed by atoms with E-state index in [4.69, 9.17) is 5.73 Å². The summed E-state index contributed by atoms with van der Waals surface area (Å²) in [4.78, 5) is 12.4. The van der Waals surface area contributed by atoms with E-state index >= 15 is 0 Å². The van der Waals surface area contributed by atoms with Crippen LogP contribution < -0.4 is 10.5 Å². The third kappa shape index (κ3) is 3.88. The summed E-state index contributed by atoms with van der Waals surface area (Å²) in [7, 11) is -3.66. The highest BCUT2D eigenvalue weighted by Crippen LogP contribution is 2.24. The highest BCUT2D eigenvalue weighted by Gasteiger charge is 2.19. The Labute approximate surface area is 138 Å². The second-order valence-corrected chi connectivity index (χ2v) is 7.72. The SMILES string of the molecule is CC(C)S(=O)(=O)Nc1cc(C(=O)c2cc(F)cc(F)c2)ccc1N. The molecule has 0 atom stereocenters. The van der Waals surface area contributed by atoms with Crippen LogP contribution in [0.15, 0.2) is 36.4 Å². The molecule has 0 unspecified atom stereocenters. The molecule has 128 valence electrons. The Morgan fingerprint density at radius 3 is 2.17 bits per heavy atom. The summed E-state index contributed by atoms with van der Waals surface area (Å²) < 4.78 is 52.7. The number of carbonyl (C=O) groups excluding carboxylic acids is 1. The molecule has 0 aliphatic carbocycles. The predicted molar refractivity (Wildman–Crippen MR) is 88.3 cm³/mol. The van der Waals surface area contributed by atoms with Crippen LogP contribution in [0.25, 0.3) is 0 Å². The maximum atomic E-state index is 13.3. The molecule has 2 rings (SSSR count). The van der Waals surface area contributed by atoms with E-state index in [2.05, 4.69) is 4.72 Å². The Morgan fingerprint density at radius 2 is 1.62 bits per heavy atom. The van der Waals surface area contributed by atoms with Gasteiger partial charge in [0.05, 0.1) is 16.6 Å². The van der Waals surface area contributed by atoms with E-state index in [1.54, 1.807) is 0 Å². The maximum Gasteiger partial charge on any atom is 0.235 e. The van der Waals surface area contributed by atoms with Crippen LogP contribution in [0.1, 0.15) is 29.8 Å². The molecule has 2 aromatic rings. The molecule has 24 heavy (non-hydrogen) atoms. The highest BCUT2D eigenvalue weighted by atomic mass is 32.2. The molecule has 5 nitrogen and oxygen atoms in total. The van der Waals surface area contributed by atoms with Crippen molar-refractivity contribution in [1.29, 1.82) is 0 Å². The fourth-order valence-electron chi connectivity index (χ4n) is 1.91. The number of benzene rings is 2. The third-order valence-electron chi connectivity index (χ3n) is 3.31. The molecule has 0 heterocycles. The highest BCUT2D eigenvalue weighted by molar-refractivity contribution is 7.93. The number of sulfonamides is 1. The van der Waals surface area contributed by atoms with Gasteiger partial charge in [0.15, 0.2) is 5.78 Å². The number of rotatable bonds is 5. The minimum Gasteiger partial charge on any atom is -0.397 e. The monoisotopic (exact) mass is 354 g/mol. The molecular formula is C16H16F2N2O3S. The van der Waals surface area contributed by atoms with Crippen LogP contribution in [0.4, 0.5) is 20.2 Å². The number of nitrogens with two attached hydrogens (primary N) is 1. The van der Waals surface area contributed by atoms with Crippen molar-refractivity contribution in [3.05, 3.63) is 59.2 Å².